The van der Waals surface area contributed by atoms with Crippen LogP contribution in [0.15, 0.2) is 35.2 Å². The summed E-state index contributed by atoms with van der Waals surface area (Å²) in [4.78, 5) is 13.6. The number of aryl methyl sites for hydroxylation is 1. The molecule has 0 aliphatic carbocycles. The molecule has 2 aromatic rings. The normalized spacial score (nSPS) is 12.2. The highest BCUT2D eigenvalue weighted by atomic mass is 32.2. The summed E-state index contributed by atoms with van der Waals surface area (Å²) in [5.74, 6) is -0.711. The first kappa shape index (κ1) is 18.7. The molecule has 0 atom stereocenters. The molecule has 0 amide bonds. The van der Waals surface area contributed by atoms with Crippen LogP contribution in [0.1, 0.15) is 46.4 Å². The van der Waals surface area contributed by atoms with E-state index < -0.39 is 15.8 Å². The van der Waals surface area contributed by atoms with Gasteiger partial charge >= 0.3 is 5.97 Å². The van der Waals surface area contributed by atoms with Gasteiger partial charge in [-0.2, -0.15) is 0 Å². The van der Waals surface area contributed by atoms with E-state index in [0.29, 0.717) is 10.4 Å². The highest BCUT2D eigenvalue weighted by Crippen LogP contribution is 2.34. The molecule has 0 aliphatic rings. The minimum Gasteiger partial charge on any atom is -0.465 e. The molecule has 1 heterocycles. The van der Waals surface area contributed by atoms with E-state index in [4.69, 9.17) is 4.74 Å². The first-order valence-electron chi connectivity index (χ1n) is 7.55. The number of sulfone groups is 1. The summed E-state index contributed by atoms with van der Waals surface area (Å²) in [6.07, 6.45) is 0. The number of methoxy groups -OCH3 is 1. The number of esters is 1. The second kappa shape index (κ2) is 6.69. The highest BCUT2D eigenvalue weighted by Gasteiger charge is 2.26. The summed E-state index contributed by atoms with van der Waals surface area (Å²) in [7, 11) is -2.22. The van der Waals surface area contributed by atoms with Crippen LogP contribution in [-0.4, -0.2) is 21.5 Å². The molecule has 0 fully saturated rings. The number of hydrogen-bond acceptors (Lipinski definition) is 5. The van der Waals surface area contributed by atoms with Crippen LogP contribution in [0.25, 0.3) is 0 Å². The van der Waals surface area contributed by atoms with Gasteiger partial charge in [0.2, 0.25) is 0 Å². The van der Waals surface area contributed by atoms with Gasteiger partial charge in [0, 0.05) is 4.88 Å². The summed E-state index contributed by atoms with van der Waals surface area (Å²) >= 11 is 1.30. The number of rotatable bonds is 4. The minimum absolute atomic E-state index is 0.167. The molecule has 0 bridgehead atoms. The molecule has 1 aromatic heterocycles. The number of ether oxygens (including phenoxy) is 1. The van der Waals surface area contributed by atoms with Crippen LogP contribution in [0.3, 0.4) is 0 Å². The zero-order valence-electron chi connectivity index (χ0n) is 14.5. The molecule has 0 saturated heterocycles. The maximum Gasteiger partial charge on any atom is 0.348 e. The van der Waals surface area contributed by atoms with E-state index in [-0.39, 0.29) is 16.1 Å². The van der Waals surface area contributed by atoms with Gasteiger partial charge in [-0.25, -0.2) is 13.2 Å². The van der Waals surface area contributed by atoms with Crippen molar-refractivity contribution >= 4 is 27.1 Å². The first-order chi connectivity index (χ1) is 11.0. The van der Waals surface area contributed by atoms with Crippen LogP contribution in [0.4, 0.5) is 0 Å². The lowest BCUT2D eigenvalue weighted by molar-refractivity contribution is 0.0605. The van der Waals surface area contributed by atoms with E-state index in [2.05, 4.69) is 0 Å². The van der Waals surface area contributed by atoms with Crippen LogP contribution >= 0.6 is 11.3 Å². The van der Waals surface area contributed by atoms with Gasteiger partial charge < -0.3 is 4.74 Å². The summed E-state index contributed by atoms with van der Waals surface area (Å²) in [6, 6.07) is 8.53. The lowest BCUT2D eigenvalue weighted by atomic mass is 9.94. The van der Waals surface area contributed by atoms with E-state index in [1.807, 2.05) is 33.8 Å². The Balaban J connectivity index is 2.46. The Labute approximate surface area is 147 Å². The Morgan fingerprint density at radius 3 is 2.25 bits per heavy atom. The average Bonchev–Trinajstić information content (AvgIpc) is 2.90. The standard InChI is InChI=1S/C18H22O4S2/c1-12-6-8-14(9-7-12)24(20,21)11-13-10-15(18(2,3)4)23-16(13)17(19)22-5/h6-10H,11H2,1-5H3. The fourth-order valence-electron chi connectivity index (χ4n) is 2.20. The molecule has 4 nitrogen and oxygen atoms in total. The fraction of sp³-hybridized carbons (Fsp3) is 0.389. The van der Waals surface area contributed by atoms with E-state index >= 15 is 0 Å². The maximum absolute atomic E-state index is 12.7. The predicted molar refractivity (Wildman–Crippen MR) is 96.4 cm³/mol. The van der Waals surface area contributed by atoms with Crippen molar-refractivity contribution < 1.29 is 17.9 Å². The monoisotopic (exact) mass is 366 g/mol. The van der Waals surface area contributed by atoms with Crippen LogP contribution in [0, 0.1) is 6.92 Å². The smallest absolute Gasteiger partial charge is 0.348 e. The molecule has 0 N–H and O–H groups in total. The number of hydrogen-bond donors (Lipinski definition) is 0. The Morgan fingerprint density at radius 2 is 1.75 bits per heavy atom. The lowest BCUT2D eigenvalue weighted by Gasteiger charge is -2.15. The van der Waals surface area contributed by atoms with Crippen LogP contribution in [0.2, 0.25) is 0 Å². The van der Waals surface area contributed by atoms with Gasteiger partial charge in [-0.1, -0.05) is 38.5 Å². The third-order valence-corrected chi connectivity index (χ3v) is 6.91. The van der Waals surface area contributed by atoms with Gasteiger partial charge in [0.25, 0.3) is 0 Å². The molecule has 6 heteroatoms. The molecule has 0 spiro atoms. The zero-order chi connectivity index (χ0) is 18.1. The van der Waals surface area contributed by atoms with Crippen molar-refractivity contribution in [3.05, 3.63) is 51.2 Å². The quantitative estimate of drug-likeness (QED) is 0.764. The van der Waals surface area contributed by atoms with Crippen molar-refractivity contribution in [3.63, 3.8) is 0 Å². The van der Waals surface area contributed by atoms with Gasteiger partial charge in [-0.05, 0) is 36.1 Å². The Bertz CT molecular complexity index is 838. The second-order valence-corrected chi connectivity index (χ2v) is 9.82. The van der Waals surface area contributed by atoms with Gasteiger partial charge in [0.05, 0.1) is 17.8 Å². The van der Waals surface area contributed by atoms with Gasteiger partial charge in [-0.3, -0.25) is 0 Å². The minimum atomic E-state index is -3.53. The number of benzene rings is 1. The zero-order valence-corrected chi connectivity index (χ0v) is 16.2. The summed E-state index contributed by atoms with van der Waals surface area (Å²) in [5, 5.41) is 0. The summed E-state index contributed by atoms with van der Waals surface area (Å²) in [6.45, 7) is 7.98. The highest BCUT2D eigenvalue weighted by molar-refractivity contribution is 7.90. The third kappa shape index (κ3) is 4.05. The van der Waals surface area contributed by atoms with Gasteiger partial charge in [-0.15, -0.1) is 11.3 Å². The van der Waals surface area contributed by atoms with Crippen LogP contribution in [-0.2, 0) is 25.7 Å². The van der Waals surface area contributed by atoms with Crippen molar-refractivity contribution in [1.82, 2.24) is 0 Å². The molecule has 0 aliphatic heterocycles. The summed E-state index contributed by atoms with van der Waals surface area (Å²) < 4.78 is 30.2. The summed E-state index contributed by atoms with van der Waals surface area (Å²) in [5.41, 5.74) is 1.33. The van der Waals surface area contributed by atoms with E-state index in [1.54, 1.807) is 24.3 Å². The number of carbonyl (C=O) groups is 1. The molecule has 2 rings (SSSR count). The van der Waals surface area contributed by atoms with Crippen molar-refractivity contribution in [2.24, 2.45) is 0 Å². The van der Waals surface area contributed by atoms with Crippen molar-refractivity contribution in [1.29, 1.82) is 0 Å². The molecule has 0 radical (unpaired) electrons. The van der Waals surface area contributed by atoms with Gasteiger partial charge in [0.15, 0.2) is 9.84 Å². The Kier molecular flexibility index (Phi) is 5.20. The largest absolute Gasteiger partial charge is 0.465 e. The molecule has 0 saturated carbocycles. The average molecular weight is 367 g/mol. The Hall–Kier alpha value is -1.66. The molecule has 1 aromatic carbocycles. The molecule has 130 valence electrons. The predicted octanol–water partition coefficient (Wildman–Crippen LogP) is 4.11. The number of thiophene rings is 1. The van der Waals surface area contributed by atoms with Crippen molar-refractivity contribution in [3.8, 4) is 0 Å². The first-order valence-corrected chi connectivity index (χ1v) is 10.0. The molecule has 24 heavy (non-hydrogen) atoms. The van der Waals surface area contributed by atoms with Crippen LogP contribution in [0.5, 0.6) is 0 Å². The molecule has 0 unspecified atom stereocenters. The van der Waals surface area contributed by atoms with E-state index in [1.165, 1.54) is 18.4 Å². The topological polar surface area (TPSA) is 60.4 Å². The Morgan fingerprint density at radius 1 is 1.17 bits per heavy atom. The van der Waals surface area contributed by atoms with Gasteiger partial charge in [0.1, 0.15) is 4.88 Å². The second-order valence-electron chi connectivity index (χ2n) is 6.78. The van der Waals surface area contributed by atoms with Crippen molar-refractivity contribution in [2.75, 3.05) is 7.11 Å². The van der Waals surface area contributed by atoms with E-state index in [9.17, 15) is 13.2 Å². The van der Waals surface area contributed by atoms with Crippen LogP contribution < -0.4 is 0 Å². The molecular weight excluding hydrogens is 344 g/mol. The SMILES string of the molecule is COC(=O)c1sc(C(C)(C)C)cc1CS(=O)(=O)c1ccc(C)cc1. The lowest BCUT2D eigenvalue weighted by Crippen LogP contribution is -2.09. The van der Waals surface area contributed by atoms with E-state index in [0.717, 1.165) is 10.4 Å². The third-order valence-electron chi connectivity index (χ3n) is 3.64. The molecular formula is C18H22O4S2. The van der Waals surface area contributed by atoms with Crippen molar-refractivity contribution in [2.45, 2.75) is 43.8 Å². The maximum atomic E-state index is 12.7. The number of carbonyl (C=O) groups excluding carboxylic acids is 1. The fourth-order valence-corrected chi connectivity index (χ4v) is 4.81.